The van der Waals surface area contributed by atoms with Gasteiger partial charge in [-0.2, -0.15) is 0 Å². The minimum Gasteiger partial charge on any atom is -0.478 e. The van der Waals surface area contributed by atoms with E-state index in [0.29, 0.717) is 23.8 Å². The van der Waals surface area contributed by atoms with Crippen LogP contribution in [0.5, 0.6) is 0 Å². The van der Waals surface area contributed by atoms with Gasteiger partial charge >= 0.3 is 5.97 Å². The number of aliphatic hydroxyl groups excluding tert-OH is 1. The number of aliphatic hydroxyl groups is 1. The molecule has 4 nitrogen and oxygen atoms in total. The van der Waals surface area contributed by atoms with Crippen molar-refractivity contribution in [1.82, 2.24) is 5.32 Å². The van der Waals surface area contributed by atoms with Gasteiger partial charge in [0.15, 0.2) is 0 Å². The molecular formula is C17H27NO3. The van der Waals surface area contributed by atoms with E-state index in [1.165, 1.54) is 6.42 Å². The third-order valence-corrected chi connectivity index (χ3v) is 7.00. The smallest absolute Gasteiger partial charge is 0.334 e. The molecule has 0 unspecified atom stereocenters. The van der Waals surface area contributed by atoms with Crippen molar-refractivity contribution in [1.29, 1.82) is 0 Å². The number of aliphatic carboxylic acids is 1. The van der Waals surface area contributed by atoms with E-state index in [0.717, 1.165) is 31.4 Å². The molecule has 3 N–H and O–H groups in total. The number of hydrogen-bond acceptors (Lipinski definition) is 3. The first kappa shape index (κ1) is 15.0. The molecule has 0 aromatic carbocycles. The van der Waals surface area contributed by atoms with Gasteiger partial charge < -0.3 is 15.5 Å². The summed E-state index contributed by atoms with van der Waals surface area (Å²) in [6.45, 7) is 5.55. The number of carbonyl (C=O) groups is 1. The van der Waals surface area contributed by atoms with Crippen molar-refractivity contribution in [2.45, 2.75) is 52.1 Å². The van der Waals surface area contributed by atoms with Gasteiger partial charge in [-0.25, -0.2) is 4.79 Å². The molecule has 21 heavy (non-hydrogen) atoms. The molecular weight excluding hydrogens is 266 g/mol. The largest absolute Gasteiger partial charge is 0.478 e. The summed E-state index contributed by atoms with van der Waals surface area (Å²) in [6.07, 6.45) is 4.11. The van der Waals surface area contributed by atoms with Crippen LogP contribution in [-0.2, 0) is 4.79 Å². The van der Waals surface area contributed by atoms with Crippen molar-refractivity contribution in [2.75, 3.05) is 13.6 Å². The van der Waals surface area contributed by atoms with E-state index < -0.39 is 12.1 Å². The Hall–Kier alpha value is -0.870. The zero-order valence-electron chi connectivity index (χ0n) is 13.3. The maximum atomic E-state index is 11.6. The molecule has 4 heteroatoms. The molecule has 118 valence electrons. The number of nitrogens with one attached hydrogen (secondary N) is 1. The Bertz CT molecular complexity index is 500. The Morgan fingerprint density at radius 2 is 2.14 bits per heavy atom. The van der Waals surface area contributed by atoms with Gasteiger partial charge in [0.2, 0.25) is 0 Å². The molecule has 0 radical (unpaired) electrons. The molecule has 5 atom stereocenters. The highest BCUT2D eigenvalue weighted by Gasteiger charge is 2.67. The number of rotatable bonds is 4. The first-order chi connectivity index (χ1) is 9.88. The predicted octanol–water partition coefficient (Wildman–Crippen LogP) is 2.18. The van der Waals surface area contributed by atoms with E-state index in [9.17, 15) is 15.0 Å². The highest BCUT2D eigenvalue weighted by molar-refractivity contribution is 5.90. The van der Waals surface area contributed by atoms with Crippen molar-refractivity contribution in [3.8, 4) is 0 Å². The number of hydrogen-bond donors (Lipinski definition) is 3. The third-order valence-electron chi connectivity index (χ3n) is 7.00. The molecule has 2 saturated carbocycles. The van der Waals surface area contributed by atoms with Crippen molar-refractivity contribution in [2.24, 2.45) is 22.7 Å². The van der Waals surface area contributed by atoms with Gasteiger partial charge in [0.25, 0.3) is 0 Å². The fraction of sp³-hybridized carbons (Fsp3) is 0.824. The fourth-order valence-electron chi connectivity index (χ4n) is 5.94. The lowest BCUT2D eigenvalue weighted by Crippen LogP contribution is -2.48. The SMILES string of the molecule is CNCC[C@@]1(C)[C@@H]2CC[C@@H](C)[C@]13C[C@H](O)C(C(=O)O)=C3C2. The molecule has 0 amide bonds. The van der Waals surface area contributed by atoms with Crippen molar-refractivity contribution >= 4 is 5.97 Å². The Balaban J connectivity index is 2.13. The molecule has 0 saturated heterocycles. The molecule has 2 fully saturated rings. The van der Waals surface area contributed by atoms with E-state index in [1.807, 2.05) is 7.05 Å². The summed E-state index contributed by atoms with van der Waals surface area (Å²) in [7, 11) is 1.97. The second kappa shape index (κ2) is 4.82. The minimum atomic E-state index is -0.912. The lowest BCUT2D eigenvalue weighted by atomic mass is 9.51. The molecule has 2 bridgehead atoms. The summed E-state index contributed by atoms with van der Waals surface area (Å²) < 4.78 is 0. The Kier molecular flexibility index (Phi) is 3.45. The van der Waals surface area contributed by atoms with E-state index in [4.69, 9.17) is 0 Å². The fourth-order valence-corrected chi connectivity index (χ4v) is 5.94. The number of carboxylic acid groups (broad SMARTS) is 1. The average Bonchev–Trinajstić information content (AvgIpc) is 2.78. The molecule has 3 rings (SSSR count). The van der Waals surface area contributed by atoms with E-state index in [-0.39, 0.29) is 10.8 Å². The van der Waals surface area contributed by atoms with Crippen LogP contribution in [0.4, 0.5) is 0 Å². The predicted molar refractivity (Wildman–Crippen MR) is 80.9 cm³/mol. The van der Waals surface area contributed by atoms with Crippen molar-refractivity contribution < 1.29 is 15.0 Å². The highest BCUT2D eigenvalue weighted by atomic mass is 16.4. The van der Waals surface area contributed by atoms with E-state index in [2.05, 4.69) is 19.2 Å². The number of allylic oxidation sites excluding steroid dienone is 1. The van der Waals surface area contributed by atoms with Gasteiger partial charge in [-0.3, -0.25) is 0 Å². The summed E-state index contributed by atoms with van der Waals surface area (Å²) in [5.41, 5.74) is 1.42. The lowest BCUT2D eigenvalue weighted by Gasteiger charge is -2.53. The van der Waals surface area contributed by atoms with Crippen LogP contribution < -0.4 is 5.32 Å². The van der Waals surface area contributed by atoms with Crippen LogP contribution in [0.3, 0.4) is 0 Å². The number of carboxylic acids is 1. The summed E-state index contributed by atoms with van der Waals surface area (Å²) in [6, 6.07) is 0. The van der Waals surface area contributed by atoms with E-state index >= 15 is 0 Å². The second-order valence-corrected chi connectivity index (χ2v) is 7.54. The quantitative estimate of drug-likeness (QED) is 0.743. The monoisotopic (exact) mass is 293 g/mol. The van der Waals surface area contributed by atoms with Gasteiger partial charge in [0.05, 0.1) is 11.7 Å². The minimum absolute atomic E-state index is 0.0973. The van der Waals surface area contributed by atoms with Gasteiger partial charge in [0, 0.05) is 5.41 Å². The van der Waals surface area contributed by atoms with Gasteiger partial charge in [-0.15, -0.1) is 0 Å². The van der Waals surface area contributed by atoms with Crippen LogP contribution in [0.25, 0.3) is 0 Å². The highest BCUT2D eigenvalue weighted by Crippen LogP contribution is 2.73. The topological polar surface area (TPSA) is 69.6 Å². The summed E-state index contributed by atoms with van der Waals surface area (Å²) in [5, 5.41) is 23.2. The maximum absolute atomic E-state index is 11.6. The van der Waals surface area contributed by atoms with Crippen LogP contribution in [0.1, 0.15) is 46.0 Å². The summed E-state index contributed by atoms with van der Waals surface area (Å²) >= 11 is 0. The van der Waals surface area contributed by atoms with Crippen molar-refractivity contribution in [3.05, 3.63) is 11.1 Å². The first-order valence-electron chi connectivity index (χ1n) is 8.18. The lowest BCUT2D eigenvalue weighted by molar-refractivity contribution is -0.133. The van der Waals surface area contributed by atoms with Gasteiger partial charge in [-0.1, -0.05) is 13.8 Å². The summed E-state index contributed by atoms with van der Waals surface area (Å²) in [4.78, 5) is 11.6. The van der Waals surface area contributed by atoms with Crippen LogP contribution >= 0.6 is 0 Å². The molecule has 3 aliphatic carbocycles. The molecule has 0 heterocycles. The zero-order chi connectivity index (χ0) is 15.4. The summed E-state index contributed by atoms with van der Waals surface area (Å²) in [5.74, 6) is 0.114. The van der Waals surface area contributed by atoms with Gasteiger partial charge in [-0.05, 0) is 68.5 Å². The average molecular weight is 293 g/mol. The molecule has 0 aromatic heterocycles. The molecule has 1 spiro atoms. The maximum Gasteiger partial charge on any atom is 0.334 e. The van der Waals surface area contributed by atoms with Crippen LogP contribution in [0, 0.1) is 22.7 Å². The van der Waals surface area contributed by atoms with Crippen molar-refractivity contribution in [3.63, 3.8) is 0 Å². The molecule has 0 aromatic rings. The van der Waals surface area contributed by atoms with Crippen LogP contribution in [-0.4, -0.2) is 35.9 Å². The van der Waals surface area contributed by atoms with Crippen LogP contribution in [0.2, 0.25) is 0 Å². The Labute approximate surface area is 126 Å². The van der Waals surface area contributed by atoms with E-state index in [1.54, 1.807) is 0 Å². The second-order valence-electron chi connectivity index (χ2n) is 7.54. The third kappa shape index (κ3) is 1.72. The Morgan fingerprint density at radius 1 is 1.43 bits per heavy atom. The standard InChI is InChI=1S/C17H27NO3/c1-10-4-5-11-8-12-14(15(20)21)13(19)9-17(10,12)16(11,2)6-7-18-3/h10-11,13,18-19H,4-9H2,1-3H3,(H,20,21)/t10-,11-,13+,16+,17+/m1/s1. The molecule has 0 aliphatic heterocycles. The van der Waals surface area contributed by atoms with Gasteiger partial charge in [0.1, 0.15) is 0 Å². The first-order valence-corrected chi connectivity index (χ1v) is 8.18. The van der Waals surface area contributed by atoms with Crippen LogP contribution in [0.15, 0.2) is 11.1 Å². The zero-order valence-corrected chi connectivity index (χ0v) is 13.3. The Morgan fingerprint density at radius 3 is 2.76 bits per heavy atom. The molecule has 3 aliphatic rings. The number of fused-ring (bicyclic) bond motifs is 1. The normalized spacial score (nSPS) is 45.0.